The Morgan fingerprint density at radius 2 is 2.03 bits per heavy atom. The molecule has 1 atom stereocenters. The predicted molar refractivity (Wildman–Crippen MR) is 140 cm³/mol. The fraction of sp³-hybridized carbons (Fsp3) is 0.667. The number of benzene rings is 1. The number of rotatable bonds is 8. The van der Waals surface area contributed by atoms with Gasteiger partial charge in [0.2, 0.25) is 5.91 Å². The highest BCUT2D eigenvalue weighted by molar-refractivity contribution is 14.0. The highest BCUT2D eigenvalue weighted by Gasteiger charge is 2.23. The standard InChI is InChI=1S/C24H39N5O2.HI/c1-26-24(28(2)12-8-19-9-13-31-14-10-19)27-16-20-5-3-6-21(15-20)17-29-11-4-7-22(18-29)23(25)30;/h3,5-6,15,19,22H,4,7-14,16-18H2,1-2H3,(H2,25,30)(H,26,27);1H. The largest absolute Gasteiger partial charge is 0.381 e. The van der Waals surface area contributed by atoms with Gasteiger partial charge < -0.3 is 20.7 Å². The van der Waals surface area contributed by atoms with Crippen molar-refractivity contribution >= 4 is 35.8 Å². The Morgan fingerprint density at radius 1 is 1.28 bits per heavy atom. The zero-order valence-electron chi connectivity index (χ0n) is 19.6. The van der Waals surface area contributed by atoms with E-state index in [1.54, 1.807) is 0 Å². The molecule has 0 aliphatic carbocycles. The van der Waals surface area contributed by atoms with E-state index in [0.717, 1.165) is 70.7 Å². The van der Waals surface area contributed by atoms with Crippen LogP contribution in [0.5, 0.6) is 0 Å². The Hall–Kier alpha value is -1.39. The van der Waals surface area contributed by atoms with Gasteiger partial charge in [-0.2, -0.15) is 0 Å². The van der Waals surface area contributed by atoms with Crippen molar-refractivity contribution in [1.29, 1.82) is 0 Å². The van der Waals surface area contributed by atoms with Gasteiger partial charge in [0.25, 0.3) is 0 Å². The number of carbonyl (C=O) groups excluding carboxylic acids is 1. The van der Waals surface area contributed by atoms with E-state index >= 15 is 0 Å². The minimum absolute atomic E-state index is 0. The summed E-state index contributed by atoms with van der Waals surface area (Å²) in [6.45, 7) is 6.19. The van der Waals surface area contributed by atoms with E-state index in [-0.39, 0.29) is 35.8 Å². The summed E-state index contributed by atoms with van der Waals surface area (Å²) in [5, 5.41) is 3.50. The fourth-order valence-electron chi connectivity index (χ4n) is 4.61. The lowest BCUT2D eigenvalue weighted by Gasteiger charge is -2.31. The van der Waals surface area contributed by atoms with Gasteiger partial charge in [0.15, 0.2) is 5.96 Å². The van der Waals surface area contributed by atoms with Crippen LogP contribution in [-0.4, -0.2) is 68.6 Å². The SMILES string of the molecule is CN=C(NCc1cccc(CN2CCCC(C(N)=O)C2)c1)N(C)CCC1CCOCC1.I. The van der Waals surface area contributed by atoms with Crippen molar-refractivity contribution in [3.05, 3.63) is 35.4 Å². The van der Waals surface area contributed by atoms with Crippen LogP contribution in [0.1, 0.15) is 43.2 Å². The first-order valence-electron chi connectivity index (χ1n) is 11.6. The molecule has 1 aromatic carbocycles. The number of carbonyl (C=O) groups is 1. The maximum atomic E-state index is 11.5. The summed E-state index contributed by atoms with van der Waals surface area (Å²) in [4.78, 5) is 20.6. The first kappa shape index (κ1) is 26.9. The molecule has 1 unspecified atom stereocenters. The van der Waals surface area contributed by atoms with Crippen LogP contribution in [0.25, 0.3) is 0 Å². The second-order valence-electron chi connectivity index (χ2n) is 8.96. The molecule has 0 aromatic heterocycles. The Labute approximate surface area is 210 Å². The molecule has 3 rings (SSSR count). The van der Waals surface area contributed by atoms with Gasteiger partial charge in [-0.25, -0.2) is 0 Å². The first-order valence-corrected chi connectivity index (χ1v) is 11.6. The average molecular weight is 558 g/mol. The molecule has 2 saturated heterocycles. The number of nitrogens with zero attached hydrogens (tertiary/aromatic N) is 3. The second kappa shape index (κ2) is 14.0. The number of hydrogen-bond donors (Lipinski definition) is 2. The molecule has 0 bridgehead atoms. The predicted octanol–water partition coefficient (Wildman–Crippen LogP) is 2.83. The highest BCUT2D eigenvalue weighted by Crippen LogP contribution is 2.20. The summed E-state index contributed by atoms with van der Waals surface area (Å²) in [5.41, 5.74) is 8.03. The molecule has 8 heteroatoms. The average Bonchev–Trinajstić information content (AvgIpc) is 2.79. The van der Waals surface area contributed by atoms with Gasteiger partial charge in [0.1, 0.15) is 0 Å². The Kier molecular flexibility index (Phi) is 11.7. The number of nitrogens with one attached hydrogen (secondary N) is 1. The molecular formula is C24H40IN5O2. The van der Waals surface area contributed by atoms with E-state index in [9.17, 15) is 4.79 Å². The van der Waals surface area contributed by atoms with Crippen molar-refractivity contribution in [2.45, 2.75) is 45.2 Å². The Bertz CT molecular complexity index is 739. The fourth-order valence-corrected chi connectivity index (χ4v) is 4.61. The van der Waals surface area contributed by atoms with Gasteiger partial charge >= 0.3 is 0 Å². The summed E-state index contributed by atoms with van der Waals surface area (Å²) < 4.78 is 5.46. The number of ether oxygens (including phenoxy) is 1. The maximum Gasteiger partial charge on any atom is 0.221 e. The molecule has 2 heterocycles. The van der Waals surface area contributed by atoms with E-state index in [1.165, 1.54) is 30.4 Å². The molecule has 1 aromatic rings. The van der Waals surface area contributed by atoms with Crippen molar-refractivity contribution in [3.63, 3.8) is 0 Å². The van der Waals surface area contributed by atoms with Crippen LogP contribution in [0, 0.1) is 11.8 Å². The molecule has 0 saturated carbocycles. The molecule has 3 N–H and O–H groups in total. The number of likely N-dealkylation sites (tertiary alicyclic amines) is 1. The number of piperidine rings is 1. The van der Waals surface area contributed by atoms with Gasteiger partial charge in [0.05, 0.1) is 5.92 Å². The molecule has 2 aliphatic rings. The molecule has 32 heavy (non-hydrogen) atoms. The monoisotopic (exact) mass is 557 g/mol. The lowest BCUT2D eigenvalue weighted by atomic mass is 9.96. The van der Waals surface area contributed by atoms with Crippen molar-refractivity contribution in [1.82, 2.24) is 15.1 Å². The quantitative estimate of drug-likeness (QED) is 0.292. The molecule has 7 nitrogen and oxygen atoms in total. The molecule has 2 aliphatic heterocycles. The van der Waals surface area contributed by atoms with E-state index in [0.29, 0.717) is 0 Å². The van der Waals surface area contributed by atoms with Crippen molar-refractivity contribution in [2.24, 2.45) is 22.6 Å². The number of amides is 1. The van der Waals surface area contributed by atoms with E-state index in [4.69, 9.17) is 10.5 Å². The number of halogens is 1. The molecule has 2 fully saturated rings. The van der Waals surface area contributed by atoms with Crippen molar-refractivity contribution in [2.75, 3.05) is 46.9 Å². The summed E-state index contributed by atoms with van der Waals surface area (Å²) >= 11 is 0. The lowest BCUT2D eigenvalue weighted by molar-refractivity contribution is -0.123. The number of hydrogen-bond acceptors (Lipinski definition) is 4. The van der Waals surface area contributed by atoms with Gasteiger partial charge in [-0.05, 0) is 55.7 Å². The molecule has 1 amide bonds. The van der Waals surface area contributed by atoms with Gasteiger partial charge in [-0.15, -0.1) is 24.0 Å². The van der Waals surface area contributed by atoms with Gasteiger partial charge in [-0.3, -0.25) is 14.7 Å². The number of primary amides is 1. The summed E-state index contributed by atoms with van der Waals surface area (Å²) in [5.74, 6) is 1.50. The minimum Gasteiger partial charge on any atom is -0.381 e. The van der Waals surface area contributed by atoms with E-state index in [1.807, 2.05) is 7.05 Å². The summed E-state index contributed by atoms with van der Waals surface area (Å²) in [6, 6.07) is 8.66. The van der Waals surface area contributed by atoms with Crippen LogP contribution < -0.4 is 11.1 Å². The third-order valence-corrected chi connectivity index (χ3v) is 6.54. The van der Waals surface area contributed by atoms with E-state index < -0.39 is 0 Å². The molecular weight excluding hydrogens is 517 g/mol. The van der Waals surface area contributed by atoms with Crippen molar-refractivity contribution < 1.29 is 9.53 Å². The smallest absolute Gasteiger partial charge is 0.221 e. The van der Waals surface area contributed by atoms with Crippen LogP contribution in [0.15, 0.2) is 29.3 Å². The summed E-state index contributed by atoms with van der Waals surface area (Å²) in [6.07, 6.45) is 5.47. The zero-order chi connectivity index (χ0) is 22.1. The first-order chi connectivity index (χ1) is 15.0. The number of nitrogens with two attached hydrogens (primary N) is 1. The maximum absolute atomic E-state index is 11.5. The third kappa shape index (κ3) is 8.51. The highest BCUT2D eigenvalue weighted by atomic mass is 127. The molecule has 0 spiro atoms. The summed E-state index contributed by atoms with van der Waals surface area (Å²) in [7, 11) is 3.95. The normalized spacial score (nSPS) is 20.4. The zero-order valence-corrected chi connectivity index (χ0v) is 21.9. The van der Waals surface area contributed by atoms with Gasteiger partial charge in [-0.1, -0.05) is 24.3 Å². The van der Waals surface area contributed by atoms with Crippen LogP contribution in [0.3, 0.4) is 0 Å². The van der Waals surface area contributed by atoms with Crippen LogP contribution in [-0.2, 0) is 22.6 Å². The van der Waals surface area contributed by atoms with E-state index in [2.05, 4.69) is 51.4 Å². The number of guanidine groups is 1. The second-order valence-corrected chi connectivity index (χ2v) is 8.96. The van der Waals surface area contributed by atoms with Crippen LogP contribution in [0.4, 0.5) is 0 Å². The topological polar surface area (TPSA) is 83.2 Å². The lowest BCUT2D eigenvalue weighted by Crippen LogP contribution is -2.40. The minimum atomic E-state index is -0.171. The van der Waals surface area contributed by atoms with Gasteiger partial charge in [0, 0.05) is 53.5 Å². The number of aliphatic imine (C=N–C) groups is 1. The molecule has 180 valence electrons. The van der Waals surface area contributed by atoms with Crippen LogP contribution >= 0.6 is 24.0 Å². The van der Waals surface area contributed by atoms with Crippen molar-refractivity contribution in [3.8, 4) is 0 Å². The Morgan fingerprint density at radius 3 is 2.75 bits per heavy atom. The third-order valence-electron chi connectivity index (χ3n) is 6.54. The molecule has 0 radical (unpaired) electrons. The van der Waals surface area contributed by atoms with Crippen LogP contribution in [0.2, 0.25) is 0 Å². The Balaban J connectivity index is 0.00000363.